The fourth-order valence-electron chi connectivity index (χ4n) is 2.03. The number of hydrogen-bond acceptors (Lipinski definition) is 3. The van der Waals surface area contributed by atoms with E-state index in [9.17, 15) is 9.18 Å². The molecule has 0 radical (unpaired) electrons. The number of pyridine rings is 1. The molecule has 0 saturated carbocycles. The first kappa shape index (κ1) is 13.0. The van der Waals surface area contributed by atoms with Crippen LogP contribution in [0.3, 0.4) is 0 Å². The fourth-order valence-corrected chi connectivity index (χ4v) is 2.03. The standard InChI is InChI=1S/C13H17FN2O2/c1-9-7-16(13(2,3)8-18-9)12(17)10-4-5-15-11(14)6-10/h4-6,9H,7-8H2,1-3H3/t9-/m0/s1. The predicted molar refractivity (Wildman–Crippen MR) is 64.7 cm³/mol. The van der Waals surface area contributed by atoms with Crippen molar-refractivity contribution in [2.24, 2.45) is 0 Å². The van der Waals surface area contributed by atoms with Gasteiger partial charge in [0.25, 0.3) is 5.91 Å². The third-order valence-corrected chi connectivity index (χ3v) is 3.11. The van der Waals surface area contributed by atoms with Crippen LogP contribution in [0, 0.1) is 5.95 Å². The quantitative estimate of drug-likeness (QED) is 0.716. The molecule has 5 heteroatoms. The van der Waals surface area contributed by atoms with Crippen molar-refractivity contribution in [1.29, 1.82) is 0 Å². The van der Waals surface area contributed by atoms with Gasteiger partial charge in [0.2, 0.25) is 5.95 Å². The third-order valence-electron chi connectivity index (χ3n) is 3.11. The second kappa shape index (κ2) is 4.65. The largest absolute Gasteiger partial charge is 0.374 e. The number of hydrogen-bond donors (Lipinski definition) is 0. The molecule has 2 rings (SSSR count). The van der Waals surface area contributed by atoms with Gasteiger partial charge in [-0.25, -0.2) is 4.98 Å². The van der Waals surface area contributed by atoms with Crippen molar-refractivity contribution >= 4 is 5.91 Å². The molecule has 4 nitrogen and oxygen atoms in total. The topological polar surface area (TPSA) is 42.4 Å². The van der Waals surface area contributed by atoms with Crippen molar-refractivity contribution in [3.05, 3.63) is 29.8 Å². The van der Waals surface area contributed by atoms with Crippen LogP contribution < -0.4 is 0 Å². The van der Waals surface area contributed by atoms with Crippen molar-refractivity contribution in [3.8, 4) is 0 Å². The second-order valence-electron chi connectivity index (χ2n) is 5.22. The molecule has 1 aliphatic heterocycles. The lowest BCUT2D eigenvalue weighted by molar-refractivity contribution is -0.0756. The van der Waals surface area contributed by atoms with Crippen LogP contribution in [0.4, 0.5) is 4.39 Å². The van der Waals surface area contributed by atoms with E-state index in [-0.39, 0.29) is 17.6 Å². The maximum absolute atomic E-state index is 13.1. The Morgan fingerprint density at radius 3 is 3.00 bits per heavy atom. The average molecular weight is 252 g/mol. The zero-order valence-electron chi connectivity index (χ0n) is 10.8. The summed E-state index contributed by atoms with van der Waals surface area (Å²) in [7, 11) is 0. The molecule has 1 aromatic heterocycles. The zero-order chi connectivity index (χ0) is 13.3. The van der Waals surface area contributed by atoms with Gasteiger partial charge in [-0.3, -0.25) is 4.79 Å². The van der Waals surface area contributed by atoms with E-state index in [1.807, 2.05) is 20.8 Å². The minimum absolute atomic E-state index is 0.00587. The van der Waals surface area contributed by atoms with Crippen molar-refractivity contribution in [2.45, 2.75) is 32.4 Å². The molecule has 18 heavy (non-hydrogen) atoms. The molecule has 1 aliphatic rings. The predicted octanol–water partition coefficient (Wildman–Crippen LogP) is 1.86. The summed E-state index contributed by atoms with van der Waals surface area (Å²) in [6.45, 7) is 6.79. The Hall–Kier alpha value is -1.49. The lowest BCUT2D eigenvalue weighted by Gasteiger charge is -2.44. The average Bonchev–Trinajstić information content (AvgIpc) is 2.31. The number of carbonyl (C=O) groups is 1. The van der Waals surface area contributed by atoms with E-state index >= 15 is 0 Å². The lowest BCUT2D eigenvalue weighted by Crippen LogP contribution is -2.57. The van der Waals surface area contributed by atoms with E-state index in [1.165, 1.54) is 18.3 Å². The van der Waals surface area contributed by atoms with Crippen LogP contribution in [-0.4, -0.2) is 40.6 Å². The first-order valence-electron chi connectivity index (χ1n) is 5.95. The summed E-state index contributed by atoms with van der Waals surface area (Å²) < 4.78 is 18.6. The number of ether oxygens (including phenoxy) is 1. The van der Waals surface area contributed by atoms with Crippen LogP contribution in [0.15, 0.2) is 18.3 Å². The molecule has 0 aliphatic carbocycles. The van der Waals surface area contributed by atoms with Crippen LogP contribution in [0.1, 0.15) is 31.1 Å². The van der Waals surface area contributed by atoms with Crippen molar-refractivity contribution in [1.82, 2.24) is 9.88 Å². The van der Waals surface area contributed by atoms with Crippen LogP contribution in [-0.2, 0) is 4.74 Å². The summed E-state index contributed by atoms with van der Waals surface area (Å²) in [5.74, 6) is -0.823. The molecule has 0 N–H and O–H groups in total. The van der Waals surface area contributed by atoms with Gasteiger partial charge in [-0.1, -0.05) is 0 Å². The smallest absolute Gasteiger partial charge is 0.254 e. The highest BCUT2D eigenvalue weighted by Gasteiger charge is 2.37. The number of amides is 1. The molecule has 1 amide bonds. The van der Waals surface area contributed by atoms with Gasteiger partial charge >= 0.3 is 0 Å². The third kappa shape index (κ3) is 2.51. The van der Waals surface area contributed by atoms with Crippen LogP contribution in [0.5, 0.6) is 0 Å². The van der Waals surface area contributed by atoms with Gasteiger partial charge in [0.1, 0.15) is 0 Å². The first-order chi connectivity index (χ1) is 8.40. The Bertz CT molecular complexity index is 462. The molecular formula is C13H17FN2O2. The number of halogens is 1. The summed E-state index contributed by atoms with van der Waals surface area (Å²) in [5.41, 5.74) is -0.0618. The molecule has 1 atom stereocenters. The number of carbonyl (C=O) groups excluding carboxylic acids is 1. The Labute approximate surface area is 106 Å². The van der Waals surface area contributed by atoms with E-state index in [2.05, 4.69) is 4.98 Å². The first-order valence-corrected chi connectivity index (χ1v) is 5.95. The van der Waals surface area contributed by atoms with Gasteiger partial charge in [-0.2, -0.15) is 4.39 Å². The highest BCUT2D eigenvalue weighted by atomic mass is 19.1. The number of aromatic nitrogens is 1. The highest BCUT2D eigenvalue weighted by Crippen LogP contribution is 2.24. The van der Waals surface area contributed by atoms with Gasteiger partial charge in [-0.05, 0) is 26.8 Å². The van der Waals surface area contributed by atoms with Crippen LogP contribution >= 0.6 is 0 Å². The zero-order valence-corrected chi connectivity index (χ0v) is 10.8. The van der Waals surface area contributed by atoms with Crippen molar-refractivity contribution < 1.29 is 13.9 Å². The molecule has 2 heterocycles. The lowest BCUT2D eigenvalue weighted by atomic mass is 9.99. The Balaban J connectivity index is 2.26. The molecule has 1 aromatic rings. The second-order valence-corrected chi connectivity index (χ2v) is 5.22. The van der Waals surface area contributed by atoms with Crippen LogP contribution in [0.25, 0.3) is 0 Å². The van der Waals surface area contributed by atoms with Gasteiger partial charge in [0.05, 0.1) is 18.2 Å². The molecule has 98 valence electrons. The fraction of sp³-hybridized carbons (Fsp3) is 0.538. The van der Waals surface area contributed by atoms with Crippen molar-refractivity contribution in [2.75, 3.05) is 13.2 Å². The molecule has 1 saturated heterocycles. The Kier molecular flexibility index (Phi) is 3.34. The van der Waals surface area contributed by atoms with Crippen molar-refractivity contribution in [3.63, 3.8) is 0 Å². The molecular weight excluding hydrogens is 235 g/mol. The summed E-state index contributed by atoms with van der Waals surface area (Å²) in [4.78, 5) is 17.6. The van der Waals surface area contributed by atoms with E-state index in [1.54, 1.807) is 4.90 Å². The Morgan fingerprint density at radius 1 is 1.61 bits per heavy atom. The molecule has 0 bridgehead atoms. The SMILES string of the molecule is C[C@H]1CN(C(=O)c2ccnc(F)c2)C(C)(C)CO1. The van der Waals surface area contributed by atoms with Gasteiger partial charge < -0.3 is 9.64 Å². The summed E-state index contributed by atoms with van der Waals surface area (Å²) >= 11 is 0. The molecule has 0 spiro atoms. The number of nitrogens with zero attached hydrogens (tertiary/aromatic N) is 2. The molecule has 0 unspecified atom stereocenters. The van der Waals surface area contributed by atoms with E-state index in [0.717, 1.165) is 0 Å². The van der Waals surface area contributed by atoms with E-state index < -0.39 is 5.95 Å². The Morgan fingerprint density at radius 2 is 2.33 bits per heavy atom. The monoisotopic (exact) mass is 252 g/mol. The summed E-state index contributed by atoms with van der Waals surface area (Å²) in [5, 5.41) is 0. The van der Waals surface area contributed by atoms with E-state index in [4.69, 9.17) is 4.74 Å². The normalized spacial score (nSPS) is 22.9. The number of rotatable bonds is 1. The van der Waals surface area contributed by atoms with Gasteiger partial charge in [-0.15, -0.1) is 0 Å². The summed E-state index contributed by atoms with van der Waals surface area (Å²) in [6.07, 6.45) is 1.30. The van der Waals surface area contributed by atoms with Gasteiger partial charge in [0, 0.05) is 24.4 Å². The highest BCUT2D eigenvalue weighted by molar-refractivity contribution is 5.94. The van der Waals surface area contributed by atoms with Crippen LogP contribution in [0.2, 0.25) is 0 Å². The minimum Gasteiger partial charge on any atom is -0.374 e. The maximum Gasteiger partial charge on any atom is 0.254 e. The number of morpholine rings is 1. The summed E-state index contributed by atoms with van der Waals surface area (Å²) in [6, 6.07) is 2.69. The van der Waals surface area contributed by atoms with Gasteiger partial charge in [0.15, 0.2) is 0 Å². The molecule has 1 fully saturated rings. The minimum atomic E-state index is -0.639. The maximum atomic E-state index is 13.1. The van der Waals surface area contributed by atoms with E-state index in [0.29, 0.717) is 18.7 Å². The molecule has 0 aromatic carbocycles.